The van der Waals surface area contributed by atoms with E-state index in [-0.39, 0.29) is 17.0 Å². The molecule has 2 aromatic rings. The summed E-state index contributed by atoms with van der Waals surface area (Å²) in [6, 6.07) is 8.96. The third-order valence-corrected chi connectivity index (χ3v) is 3.33. The van der Waals surface area contributed by atoms with Gasteiger partial charge in [0.25, 0.3) is 5.91 Å². The number of carbonyl (C=O) groups excluding carboxylic acids is 2. The minimum atomic E-state index is -4.80. The van der Waals surface area contributed by atoms with E-state index in [0.717, 1.165) is 12.1 Å². The molecule has 150 valence electrons. The van der Waals surface area contributed by atoms with Crippen LogP contribution >= 0.6 is 0 Å². The predicted octanol–water partition coefficient (Wildman–Crippen LogP) is 3.40. The SMILES string of the molecule is COc1ccc(C(=O)OCC(=O)Nc2ccc(OC(F)(F)F)cc2)c(OC)c1. The molecule has 0 atom stereocenters. The fourth-order valence-electron chi connectivity index (χ4n) is 2.11. The van der Waals surface area contributed by atoms with E-state index in [9.17, 15) is 22.8 Å². The van der Waals surface area contributed by atoms with Crippen LogP contribution in [0.4, 0.5) is 18.9 Å². The van der Waals surface area contributed by atoms with Crippen molar-refractivity contribution in [3.05, 3.63) is 48.0 Å². The van der Waals surface area contributed by atoms with E-state index in [1.165, 1.54) is 44.6 Å². The van der Waals surface area contributed by atoms with Crippen LogP contribution in [0, 0.1) is 0 Å². The maximum absolute atomic E-state index is 12.1. The number of rotatable bonds is 7. The molecule has 7 nitrogen and oxygen atoms in total. The lowest BCUT2D eigenvalue weighted by atomic mass is 10.2. The lowest BCUT2D eigenvalue weighted by Gasteiger charge is -2.11. The predicted molar refractivity (Wildman–Crippen MR) is 91.6 cm³/mol. The molecule has 2 rings (SSSR count). The van der Waals surface area contributed by atoms with Crippen molar-refractivity contribution in [2.45, 2.75) is 6.36 Å². The molecule has 0 saturated carbocycles. The summed E-state index contributed by atoms with van der Waals surface area (Å²) in [4.78, 5) is 24.0. The number of carbonyl (C=O) groups is 2. The molecule has 0 aliphatic heterocycles. The molecule has 1 amide bonds. The van der Waals surface area contributed by atoms with Crippen LogP contribution in [0.5, 0.6) is 17.2 Å². The fourth-order valence-corrected chi connectivity index (χ4v) is 2.11. The second kappa shape index (κ2) is 8.98. The third-order valence-electron chi connectivity index (χ3n) is 3.33. The standard InChI is InChI=1S/C18H16F3NO6/c1-25-13-7-8-14(15(9-13)26-2)17(24)27-10-16(23)22-11-3-5-12(6-4-11)28-18(19,20)21/h3-9H,10H2,1-2H3,(H,22,23). The molecule has 0 aliphatic rings. The Morgan fingerprint density at radius 2 is 1.61 bits per heavy atom. The lowest BCUT2D eigenvalue weighted by Crippen LogP contribution is -2.21. The minimum Gasteiger partial charge on any atom is -0.497 e. The first kappa shape index (κ1) is 20.9. The second-order valence-electron chi connectivity index (χ2n) is 5.26. The van der Waals surface area contributed by atoms with E-state index >= 15 is 0 Å². The maximum atomic E-state index is 12.1. The van der Waals surface area contributed by atoms with Gasteiger partial charge in [0.15, 0.2) is 6.61 Å². The highest BCUT2D eigenvalue weighted by Crippen LogP contribution is 2.25. The van der Waals surface area contributed by atoms with Gasteiger partial charge in [0, 0.05) is 11.8 Å². The zero-order valence-corrected chi connectivity index (χ0v) is 14.8. The fraction of sp³-hybridized carbons (Fsp3) is 0.222. The van der Waals surface area contributed by atoms with Crippen LogP contribution in [-0.2, 0) is 9.53 Å². The molecule has 10 heteroatoms. The summed E-state index contributed by atoms with van der Waals surface area (Å²) in [6.07, 6.45) is -4.80. The molecule has 1 N–H and O–H groups in total. The Bertz CT molecular complexity index is 836. The average molecular weight is 399 g/mol. The number of amides is 1. The first-order valence-electron chi connectivity index (χ1n) is 7.76. The van der Waals surface area contributed by atoms with Gasteiger partial charge in [-0.2, -0.15) is 0 Å². The van der Waals surface area contributed by atoms with Crippen molar-refractivity contribution in [1.29, 1.82) is 0 Å². The van der Waals surface area contributed by atoms with Crippen molar-refractivity contribution in [2.75, 3.05) is 26.1 Å². The molecular weight excluding hydrogens is 383 g/mol. The first-order valence-corrected chi connectivity index (χ1v) is 7.76. The molecule has 0 heterocycles. The van der Waals surface area contributed by atoms with Gasteiger partial charge < -0.3 is 24.3 Å². The van der Waals surface area contributed by atoms with Gasteiger partial charge in [-0.15, -0.1) is 13.2 Å². The van der Waals surface area contributed by atoms with Crippen LogP contribution < -0.4 is 19.5 Å². The van der Waals surface area contributed by atoms with Gasteiger partial charge in [-0.05, 0) is 36.4 Å². The Morgan fingerprint density at radius 3 is 2.18 bits per heavy atom. The molecule has 0 fully saturated rings. The summed E-state index contributed by atoms with van der Waals surface area (Å²) in [5, 5.41) is 2.38. The summed E-state index contributed by atoms with van der Waals surface area (Å²) in [6.45, 7) is -0.602. The third kappa shape index (κ3) is 6.08. The number of hydrogen-bond acceptors (Lipinski definition) is 6. The van der Waals surface area contributed by atoms with Crippen LogP contribution in [0.25, 0.3) is 0 Å². The summed E-state index contributed by atoms with van der Waals surface area (Å²) in [5.74, 6) is -1.20. The number of hydrogen-bond donors (Lipinski definition) is 1. The zero-order valence-electron chi connectivity index (χ0n) is 14.8. The largest absolute Gasteiger partial charge is 0.573 e. The van der Waals surface area contributed by atoms with E-state index in [0.29, 0.717) is 5.75 Å². The number of nitrogens with one attached hydrogen (secondary N) is 1. The number of halogens is 3. The quantitative estimate of drug-likeness (QED) is 0.719. The lowest BCUT2D eigenvalue weighted by molar-refractivity contribution is -0.274. The van der Waals surface area contributed by atoms with E-state index in [1.807, 2.05) is 0 Å². The Hall–Kier alpha value is -3.43. The van der Waals surface area contributed by atoms with E-state index in [1.54, 1.807) is 0 Å². The highest BCUT2D eigenvalue weighted by molar-refractivity contribution is 5.96. The van der Waals surface area contributed by atoms with Crippen molar-refractivity contribution in [1.82, 2.24) is 0 Å². The molecule has 0 radical (unpaired) electrons. The van der Waals surface area contributed by atoms with Crippen LogP contribution in [-0.4, -0.2) is 39.1 Å². The van der Waals surface area contributed by atoms with E-state index in [2.05, 4.69) is 10.1 Å². The van der Waals surface area contributed by atoms with Gasteiger partial charge >= 0.3 is 12.3 Å². The molecule has 28 heavy (non-hydrogen) atoms. The summed E-state index contributed by atoms with van der Waals surface area (Å²) in [7, 11) is 2.82. The van der Waals surface area contributed by atoms with Crippen molar-refractivity contribution in [2.24, 2.45) is 0 Å². The molecule has 0 spiro atoms. The van der Waals surface area contributed by atoms with Crippen molar-refractivity contribution >= 4 is 17.6 Å². The average Bonchev–Trinajstić information content (AvgIpc) is 2.66. The van der Waals surface area contributed by atoms with E-state index < -0.39 is 30.6 Å². The van der Waals surface area contributed by atoms with Crippen molar-refractivity contribution in [3.8, 4) is 17.2 Å². The van der Waals surface area contributed by atoms with Gasteiger partial charge in [0.05, 0.1) is 14.2 Å². The summed E-state index contributed by atoms with van der Waals surface area (Å²) >= 11 is 0. The van der Waals surface area contributed by atoms with Gasteiger partial charge in [0.1, 0.15) is 22.8 Å². The smallest absolute Gasteiger partial charge is 0.497 e. The van der Waals surface area contributed by atoms with Crippen molar-refractivity contribution < 1.29 is 41.7 Å². The Morgan fingerprint density at radius 1 is 0.964 bits per heavy atom. The molecule has 0 unspecified atom stereocenters. The monoisotopic (exact) mass is 399 g/mol. The molecule has 0 aliphatic carbocycles. The number of methoxy groups -OCH3 is 2. The number of anilines is 1. The maximum Gasteiger partial charge on any atom is 0.573 e. The number of ether oxygens (including phenoxy) is 4. The van der Waals surface area contributed by atoms with Crippen LogP contribution in [0.3, 0.4) is 0 Å². The van der Waals surface area contributed by atoms with Gasteiger partial charge in [-0.25, -0.2) is 4.79 Å². The Labute approximate surface area is 158 Å². The topological polar surface area (TPSA) is 83.1 Å². The van der Waals surface area contributed by atoms with Crippen LogP contribution in [0.1, 0.15) is 10.4 Å². The zero-order chi connectivity index (χ0) is 20.7. The number of alkyl halides is 3. The summed E-state index contributed by atoms with van der Waals surface area (Å²) < 4.78 is 55.1. The van der Waals surface area contributed by atoms with Crippen LogP contribution in [0.15, 0.2) is 42.5 Å². The van der Waals surface area contributed by atoms with Gasteiger partial charge in [-0.3, -0.25) is 4.79 Å². The molecule has 0 saturated heterocycles. The highest BCUT2D eigenvalue weighted by atomic mass is 19.4. The number of benzene rings is 2. The van der Waals surface area contributed by atoms with Crippen LogP contribution in [0.2, 0.25) is 0 Å². The van der Waals surface area contributed by atoms with Gasteiger partial charge in [0.2, 0.25) is 0 Å². The molecule has 0 aromatic heterocycles. The second-order valence-corrected chi connectivity index (χ2v) is 5.26. The van der Waals surface area contributed by atoms with Gasteiger partial charge in [-0.1, -0.05) is 0 Å². The van der Waals surface area contributed by atoms with E-state index in [4.69, 9.17) is 14.2 Å². The molecular formula is C18H16F3NO6. The summed E-state index contributed by atoms with van der Waals surface area (Å²) in [5.41, 5.74) is 0.308. The molecule has 2 aromatic carbocycles. The Kier molecular flexibility index (Phi) is 6.69. The highest BCUT2D eigenvalue weighted by Gasteiger charge is 2.31. The normalized spacial score (nSPS) is 10.8. The number of esters is 1. The molecule has 0 bridgehead atoms. The first-order chi connectivity index (χ1) is 13.2. The Balaban J connectivity index is 1.91. The minimum absolute atomic E-state index is 0.102. The van der Waals surface area contributed by atoms with Crippen molar-refractivity contribution in [3.63, 3.8) is 0 Å².